The highest BCUT2D eigenvalue weighted by Crippen LogP contribution is 2.17. The highest BCUT2D eigenvalue weighted by molar-refractivity contribution is 6.09. The summed E-state index contributed by atoms with van der Waals surface area (Å²) in [6.07, 6.45) is 1.83. The number of benzene rings is 1. The summed E-state index contributed by atoms with van der Waals surface area (Å²) in [6, 6.07) is 10.2. The van der Waals surface area contributed by atoms with E-state index in [-0.39, 0.29) is 0 Å². The molecule has 3 nitrogen and oxygen atoms in total. The van der Waals surface area contributed by atoms with Gasteiger partial charge in [-0.25, -0.2) is 0 Å². The largest absolute Gasteiger partial charge is 0.368 e. The number of nitrogens with zero attached hydrogens (tertiary/aromatic N) is 2. The lowest BCUT2D eigenvalue weighted by molar-refractivity contribution is 0.960. The summed E-state index contributed by atoms with van der Waals surface area (Å²) in [7, 11) is 0. The molecule has 0 amide bonds. The van der Waals surface area contributed by atoms with Crippen LogP contribution in [0.25, 0.3) is 10.9 Å². The third-order valence-electron chi connectivity index (χ3n) is 2.58. The highest BCUT2D eigenvalue weighted by atomic mass is 15.1. The van der Waals surface area contributed by atoms with Crippen molar-refractivity contribution in [1.29, 1.82) is 0 Å². The number of aromatic nitrogens is 1. The summed E-state index contributed by atoms with van der Waals surface area (Å²) in [5.41, 5.74) is 2.17. The van der Waals surface area contributed by atoms with Gasteiger partial charge in [-0.15, -0.1) is 0 Å². The molecule has 0 saturated heterocycles. The van der Waals surface area contributed by atoms with Crippen molar-refractivity contribution >= 4 is 16.7 Å². The number of hydrogen-bond acceptors (Lipinski definition) is 3. The molecule has 2 heterocycles. The van der Waals surface area contributed by atoms with Crippen molar-refractivity contribution in [2.45, 2.75) is 0 Å². The van der Waals surface area contributed by atoms with Crippen molar-refractivity contribution in [2.24, 2.45) is 4.99 Å². The Kier molecular flexibility index (Phi) is 1.88. The predicted molar refractivity (Wildman–Crippen MR) is 61.1 cm³/mol. The molecule has 0 fully saturated rings. The molecule has 0 bridgehead atoms. The van der Waals surface area contributed by atoms with Gasteiger partial charge in [0.1, 0.15) is 5.84 Å². The van der Waals surface area contributed by atoms with Gasteiger partial charge in [0.05, 0.1) is 12.1 Å². The van der Waals surface area contributed by atoms with E-state index in [0.717, 1.165) is 35.4 Å². The van der Waals surface area contributed by atoms with E-state index in [1.165, 1.54) is 0 Å². The molecule has 0 radical (unpaired) electrons. The third-order valence-corrected chi connectivity index (χ3v) is 2.58. The molecule has 0 saturated carbocycles. The van der Waals surface area contributed by atoms with Gasteiger partial charge < -0.3 is 5.32 Å². The van der Waals surface area contributed by atoms with Gasteiger partial charge >= 0.3 is 0 Å². The van der Waals surface area contributed by atoms with Crippen LogP contribution in [0.2, 0.25) is 0 Å². The molecule has 3 heteroatoms. The van der Waals surface area contributed by atoms with Crippen molar-refractivity contribution < 1.29 is 0 Å². The second-order valence-electron chi connectivity index (χ2n) is 3.53. The Hall–Kier alpha value is -1.90. The van der Waals surface area contributed by atoms with E-state index in [9.17, 15) is 0 Å². The molecule has 1 aromatic carbocycles. The predicted octanol–water partition coefficient (Wildman–Crippen LogP) is 1.58. The Morgan fingerprint density at radius 3 is 2.93 bits per heavy atom. The third kappa shape index (κ3) is 1.36. The average molecular weight is 197 g/mol. The zero-order valence-corrected chi connectivity index (χ0v) is 8.27. The molecule has 0 aliphatic carbocycles. The standard InChI is InChI=1S/C12H11N3/c1-2-4-11-9(3-1)10(5-6-13-11)12-14-7-8-15-12/h1-6H,7-8H2,(H,14,15). The SMILES string of the molecule is c1ccc2c(C3=NCCN3)ccnc2c1. The lowest BCUT2D eigenvalue weighted by Crippen LogP contribution is -2.19. The average Bonchev–Trinajstić information content (AvgIpc) is 2.82. The van der Waals surface area contributed by atoms with E-state index in [1.54, 1.807) is 0 Å². The van der Waals surface area contributed by atoms with Crippen molar-refractivity contribution in [3.05, 3.63) is 42.1 Å². The van der Waals surface area contributed by atoms with Gasteiger partial charge in [-0.2, -0.15) is 0 Å². The van der Waals surface area contributed by atoms with Crippen LogP contribution in [0.15, 0.2) is 41.5 Å². The smallest absolute Gasteiger partial charge is 0.129 e. The maximum absolute atomic E-state index is 4.43. The Balaban J connectivity index is 2.26. The Morgan fingerprint density at radius 2 is 2.07 bits per heavy atom. The number of rotatable bonds is 1. The van der Waals surface area contributed by atoms with Crippen LogP contribution in [-0.2, 0) is 0 Å². The maximum atomic E-state index is 4.43. The molecule has 1 aliphatic rings. The van der Waals surface area contributed by atoms with Crippen LogP contribution >= 0.6 is 0 Å². The first-order valence-electron chi connectivity index (χ1n) is 5.07. The molecular formula is C12H11N3. The summed E-state index contributed by atoms with van der Waals surface area (Å²) in [4.78, 5) is 8.76. The fourth-order valence-electron chi connectivity index (χ4n) is 1.88. The first-order chi connectivity index (χ1) is 7.45. The van der Waals surface area contributed by atoms with Gasteiger partial charge in [0.25, 0.3) is 0 Å². The topological polar surface area (TPSA) is 37.3 Å². The Labute approximate surface area is 87.9 Å². The van der Waals surface area contributed by atoms with Crippen LogP contribution in [-0.4, -0.2) is 23.9 Å². The summed E-state index contributed by atoms with van der Waals surface area (Å²) in [5.74, 6) is 0.994. The molecule has 1 aromatic heterocycles. The zero-order valence-electron chi connectivity index (χ0n) is 8.27. The maximum Gasteiger partial charge on any atom is 0.129 e. The Morgan fingerprint density at radius 1 is 1.13 bits per heavy atom. The van der Waals surface area contributed by atoms with Crippen molar-refractivity contribution in [1.82, 2.24) is 10.3 Å². The number of aliphatic imine (C=N–C) groups is 1. The number of hydrogen-bond donors (Lipinski definition) is 1. The van der Waals surface area contributed by atoms with Gasteiger partial charge in [0.15, 0.2) is 0 Å². The van der Waals surface area contributed by atoms with E-state index >= 15 is 0 Å². The molecule has 3 rings (SSSR count). The van der Waals surface area contributed by atoms with Crippen LogP contribution in [0.3, 0.4) is 0 Å². The van der Waals surface area contributed by atoms with Gasteiger partial charge in [0.2, 0.25) is 0 Å². The number of fused-ring (bicyclic) bond motifs is 1. The van der Waals surface area contributed by atoms with Crippen LogP contribution in [0.4, 0.5) is 0 Å². The minimum atomic E-state index is 0.867. The van der Waals surface area contributed by atoms with Crippen molar-refractivity contribution in [3.63, 3.8) is 0 Å². The fourth-order valence-corrected chi connectivity index (χ4v) is 1.88. The molecule has 0 atom stereocenters. The Bertz CT molecular complexity index is 526. The number of pyridine rings is 1. The molecule has 15 heavy (non-hydrogen) atoms. The van der Waals surface area contributed by atoms with E-state index in [4.69, 9.17) is 0 Å². The number of para-hydroxylation sites is 1. The molecule has 1 aliphatic heterocycles. The normalized spacial score (nSPS) is 15.1. The molecular weight excluding hydrogens is 186 g/mol. The fraction of sp³-hybridized carbons (Fsp3) is 0.167. The second kappa shape index (κ2) is 3.35. The zero-order chi connectivity index (χ0) is 10.1. The van der Waals surface area contributed by atoms with E-state index in [0.29, 0.717) is 0 Å². The van der Waals surface area contributed by atoms with Crippen LogP contribution in [0, 0.1) is 0 Å². The van der Waals surface area contributed by atoms with Gasteiger partial charge in [-0.1, -0.05) is 18.2 Å². The monoisotopic (exact) mass is 197 g/mol. The van der Waals surface area contributed by atoms with E-state index in [2.05, 4.69) is 21.4 Å². The molecule has 74 valence electrons. The van der Waals surface area contributed by atoms with Gasteiger partial charge in [-0.05, 0) is 12.1 Å². The van der Waals surface area contributed by atoms with Gasteiger partial charge in [0, 0.05) is 23.7 Å². The van der Waals surface area contributed by atoms with Crippen molar-refractivity contribution in [2.75, 3.05) is 13.1 Å². The first-order valence-corrected chi connectivity index (χ1v) is 5.07. The minimum absolute atomic E-state index is 0.867. The van der Waals surface area contributed by atoms with E-state index < -0.39 is 0 Å². The number of nitrogens with one attached hydrogen (secondary N) is 1. The van der Waals surface area contributed by atoms with Crippen molar-refractivity contribution in [3.8, 4) is 0 Å². The lowest BCUT2D eigenvalue weighted by atomic mass is 10.1. The van der Waals surface area contributed by atoms with E-state index in [1.807, 2.05) is 30.5 Å². The molecule has 0 unspecified atom stereocenters. The minimum Gasteiger partial charge on any atom is -0.368 e. The molecule has 0 spiro atoms. The van der Waals surface area contributed by atoms with Crippen LogP contribution in [0.1, 0.15) is 5.56 Å². The van der Waals surface area contributed by atoms with Crippen LogP contribution in [0.5, 0.6) is 0 Å². The quantitative estimate of drug-likeness (QED) is 0.753. The van der Waals surface area contributed by atoms with Crippen LogP contribution < -0.4 is 5.32 Å². The summed E-state index contributed by atoms with van der Waals surface area (Å²) in [5, 5.41) is 4.45. The first kappa shape index (κ1) is 8.41. The highest BCUT2D eigenvalue weighted by Gasteiger charge is 2.10. The molecule has 2 aromatic rings. The number of amidine groups is 1. The summed E-state index contributed by atoms with van der Waals surface area (Å²) >= 11 is 0. The van der Waals surface area contributed by atoms with Gasteiger partial charge in [-0.3, -0.25) is 9.98 Å². The summed E-state index contributed by atoms with van der Waals surface area (Å²) < 4.78 is 0. The summed E-state index contributed by atoms with van der Waals surface area (Å²) in [6.45, 7) is 1.80. The lowest BCUT2D eigenvalue weighted by Gasteiger charge is -2.05. The molecule has 1 N–H and O–H groups in total. The second-order valence-corrected chi connectivity index (χ2v) is 3.53.